The van der Waals surface area contributed by atoms with Gasteiger partial charge in [0, 0.05) is 11.6 Å². The summed E-state index contributed by atoms with van der Waals surface area (Å²) in [6.45, 7) is 1.41. The maximum absolute atomic E-state index is 13.0. The van der Waals surface area contributed by atoms with Gasteiger partial charge in [-0.3, -0.25) is 4.79 Å². The van der Waals surface area contributed by atoms with Gasteiger partial charge in [-0.1, -0.05) is 11.6 Å². The summed E-state index contributed by atoms with van der Waals surface area (Å²) in [5.74, 6) is -1.09. The summed E-state index contributed by atoms with van der Waals surface area (Å²) in [5.41, 5.74) is 0.827. The first-order chi connectivity index (χ1) is 9.45. The van der Waals surface area contributed by atoms with Gasteiger partial charge in [0.05, 0.1) is 5.02 Å². The maximum atomic E-state index is 13.0. The monoisotopic (exact) mass is 296 g/mol. The first kappa shape index (κ1) is 14.5. The van der Waals surface area contributed by atoms with Crippen LogP contribution in [0.1, 0.15) is 22.8 Å². The predicted octanol–water partition coefficient (Wildman–Crippen LogP) is 4.40. The number of carbonyl (C=O) groups excluding carboxylic acids is 1. The number of carbonyl (C=O) groups is 1. The van der Waals surface area contributed by atoms with Crippen molar-refractivity contribution in [1.82, 2.24) is 0 Å². The van der Waals surface area contributed by atoms with Gasteiger partial charge in [-0.2, -0.15) is 0 Å². The highest BCUT2D eigenvalue weighted by Gasteiger charge is 2.07. The minimum absolute atomic E-state index is 0.0200. The molecule has 0 aliphatic carbocycles. The number of benzene rings is 2. The van der Waals surface area contributed by atoms with Crippen molar-refractivity contribution in [1.29, 1.82) is 0 Å². The van der Waals surface area contributed by atoms with Gasteiger partial charge in [0.25, 0.3) is 0 Å². The average Bonchev–Trinajstić information content (AvgIpc) is 2.36. The summed E-state index contributed by atoms with van der Waals surface area (Å²) in [6.07, 6.45) is 0. The van der Waals surface area contributed by atoms with E-state index in [-0.39, 0.29) is 17.4 Å². The summed E-state index contributed by atoms with van der Waals surface area (Å²) >= 11 is 5.98. The van der Waals surface area contributed by atoms with Gasteiger partial charge in [-0.05, 0) is 42.8 Å². The molecule has 0 fully saturated rings. The molecule has 2 rings (SSSR count). The predicted molar refractivity (Wildman–Crippen MR) is 72.1 cm³/mol. The van der Waals surface area contributed by atoms with E-state index in [1.54, 1.807) is 12.1 Å². The second-order valence-corrected chi connectivity index (χ2v) is 4.67. The lowest BCUT2D eigenvalue weighted by Crippen LogP contribution is -1.99. The zero-order valence-corrected chi connectivity index (χ0v) is 11.4. The highest BCUT2D eigenvalue weighted by Crippen LogP contribution is 2.26. The molecule has 0 heterocycles. The molecule has 0 radical (unpaired) electrons. The molecule has 0 aliphatic rings. The number of ketones is 1. The molecule has 0 aromatic heterocycles. The van der Waals surface area contributed by atoms with Crippen LogP contribution in [0, 0.1) is 11.6 Å². The Morgan fingerprint density at radius 1 is 1.15 bits per heavy atom. The quantitative estimate of drug-likeness (QED) is 0.782. The lowest BCUT2D eigenvalue weighted by atomic mass is 10.1. The largest absolute Gasteiger partial charge is 0.487 e. The Kier molecular flexibility index (Phi) is 4.35. The van der Waals surface area contributed by atoms with Crippen molar-refractivity contribution in [3.05, 3.63) is 64.2 Å². The van der Waals surface area contributed by atoms with Crippen molar-refractivity contribution >= 4 is 17.4 Å². The Labute approximate surface area is 119 Å². The Morgan fingerprint density at radius 2 is 1.80 bits per heavy atom. The van der Waals surface area contributed by atoms with Crippen molar-refractivity contribution in [3.8, 4) is 5.75 Å². The zero-order valence-electron chi connectivity index (χ0n) is 10.6. The first-order valence-electron chi connectivity index (χ1n) is 5.84. The smallest absolute Gasteiger partial charge is 0.159 e. The van der Waals surface area contributed by atoms with E-state index in [1.165, 1.54) is 25.1 Å². The van der Waals surface area contributed by atoms with E-state index in [0.29, 0.717) is 16.9 Å². The van der Waals surface area contributed by atoms with E-state index in [1.807, 2.05) is 0 Å². The van der Waals surface area contributed by atoms with Crippen LogP contribution < -0.4 is 4.74 Å². The molecule has 5 heteroatoms. The van der Waals surface area contributed by atoms with Crippen molar-refractivity contribution < 1.29 is 18.3 Å². The summed E-state index contributed by atoms with van der Waals surface area (Å²) < 4.78 is 31.4. The van der Waals surface area contributed by atoms with E-state index in [4.69, 9.17) is 16.3 Å². The molecule has 0 unspecified atom stereocenters. The minimum Gasteiger partial charge on any atom is -0.487 e. The molecule has 0 bridgehead atoms. The van der Waals surface area contributed by atoms with E-state index < -0.39 is 11.6 Å². The highest BCUT2D eigenvalue weighted by molar-refractivity contribution is 6.32. The number of ether oxygens (including phenoxy) is 1. The molecule has 2 aromatic carbocycles. The Hall–Kier alpha value is -1.94. The molecule has 0 N–H and O–H groups in total. The van der Waals surface area contributed by atoms with E-state index in [0.717, 1.165) is 6.07 Å². The zero-order chi connectivity index (χ0) is 14.7. The third kappa shape index (κ3) is 3.54. The first-order valence-corrected chi connectivity index (χ1v) is 6.22. The molecular weight excluding hydrogens is 286 g/mol. The molecule has 104 valence electrons. The van der Waals surface area contributed by atoms with E-state index in [2.05, 4.69) is 0 Å². The van der Waals surface area contributed by atoms with Crippen LogP contribution >= 0.6 is 11.6 Å². The fourth-order valence-electron chi connectivity index (χ4n) is 1.69. The van der Waals surface area contributed by atoms with Crippen molar-refractivity contribution in [3.63, 3.8) is 0 Å². The second kappa shape index (κ2) is 6.01. The van der Waals surface area contributed by atoms with Gasteiger partial charge in [0.2, 0.25) is 0 Å². The Bertz CT molecular complexity index is 636. The van der Waals surface area contributed by atoms with Crippen LogP contribution in [-0.2, 0) is 6.61 Å². The number of rotatable bonds is 4. The SMILES string of the molecule is CC(=O)c1ccc(OCc2cc(F)cc(F)c2)c(Cl)c1. The van der Waals surface area contributed by atoms with Crippen LogP contribution in [0.2, 0.25) is 5.02 Å². The van der Waals surface area contributed by atoms with Crippen LogP contribution in [0.3, 0.4) is 0 Å². The number of halogens is 3. The second-order valence-electron chi connectivity index (χ2n) is 4.27. The fraction of sp³-hybridized carbons (Fsp3) is 0.133. The highest BCUT2D eigenvalue weighted by atomic mass is 35.5. The van der Waals surface area contributed by atoms with Crippen LogP contribution in [0.15, 0.2) is 36.4 Å². The minimum atomic E-state index is -0.665. The number of hydrogen-bond acceptors (Lipinski definition) is 2. The van der Waals surface area contributed by atoms with Crippen molar-refractivity contribution in [2.75, 3.05) is 0 Å². The summed E-state index contributed by atoms with van der Waals surface area (Å²) in [4.78, 5) is 11.2. The van der Waals surface area contributed by atoms with Gasteiger partial charge < -0.3 is 4.74 Å². The summed E-state index contributed by atoms with van der Waals surface area (Å²) in [6, 6.07) is 7.77. The number of hydrogen-bond donors (Lipinski definition) is 0. The molecule has 0 saturated carbocycles. The Balaban J connectivity index is 2.12. The van der Waals surface area contributed by atoms with Crippen LogP contribution in [-0.4, -0.2) is 5.78 Å². The van der Waals surface area contributed by atoms with Crippen LogP contribution in [0.4, 0.5) is 8.78 Å². The molecule has 20 heavy (non-hydrogen) atoms. The average molecular weight is 297 g/mol. The third-order valence-electron chi connectivity index (χ3n) is 2.66. The normalized spacial score (nSPS) is 10.4. The summed E-state index contributed by atoms with van der Waals surface area (Å²) in [5, 5.41) is 0.273. The van der Waals surface area contributed by atoms with Crippen molar-refractivity contribution in [2.45, 2.75) is 13.5 Å². The van der Waals surface area contributed by atoms with Gasteiger partial charge >= 0.3 is 0 Å². The molecule has 0 amide bonds. The molecule has 0 atom stereocenters. The van der Waals surface area contributed by atoms with Gasteiger partial charge in [-0.25, -0.2) is 8.78 Å². The van der Waals surface area contributed by atoms with Crippen LogP contribution in [0.25, 0.3) is 0 Å². The van der Waals surface area contributed by atoms with E-state index in [9.17, 15) is 13.6 Å². The fourth-order valence-corrected chi connectivity index (χ4v) is 1.93. The summed E-state index contributed by atoms with van der Waals surface area (Å²) in [7, 11) is 0. The molecule has 0 spiro atoms. The van der Waals surface area contributed by atoms with Gasteiger partial charge in [0.1, 0.15) is 24.0 Å². The Morgan fingerprint density at radius 3 is 2.35 bits per heavy atom. The van der Waals surface area contributed by atoms with E-state index >= 15 is 0 Å². The lowest BCUT2D eigenvalue weighted by Gasteiger charge is -2.09. The topological polar surface area (TPSA) is 26.3 Å². The molecular formula is C15H11ClF2O2. The molecule has 0 aliphatic heterocycles. The molecule has 2 nitrogen and oxygen atoms in total. The van der Waals surface area contributed by atoms with Gasteiger partial charge in [-0.15, -0.1) is 0 Å². The third-order valence-corrected chi connectivity index (χ3v) is 2.95. The molecule has 2 aromatic rings. The number of Topliss-reactive ketones (excluding diaryl/α,β-unsaturated/α-hetero) is 1. The van der Waals surface area contributed by atoms with Gasteiger partial charge in [0.15, 0.2) is 5.78 Å². The standard InChI is InChI=1S/C15H11ClF2O2/c1-9(19)11-2-3-15(14(16)6-11)20-8-10-4-12(17)7-13(18)5-10/h2-7H,8H2,1H3. The lowest BCUT2D eigenvalue weighted by molar-refractivity contribution is 0.101. The van der Waals surface area contributed by atoms with Crippen molar-refractivity contribution in [2.24, 2.45) is 0 Å². The maximum Gasteiger partial charge on any atom is 0.159 e. The van der Waals surface area contributed by atoms with Crippen LogP contribution in [0.5, 0.6) is 5.75 Å². The molecule has 0 saturated heterocycles.